The Hall–Kier alpha value is -2.37. The summed E-state index contributed by atoms with van der Waals surface area (Å²) < 4.78 is 12.0. The Bertz CT molecular complexity index is 857. The molecule has 1 aliphatic rings. The van der Waals surface area contributed by atoms with Crippen molar-refractivity contribution in [1.82, 2.24) is 9.80 Å². The number of likely N-dealkylation sites (N-methyl/N-ethyl adjacent to an activating group) is 2. The second kappa shape index (κ2) is 10.6. The van der Waals surface area contributed by atoms with Crippen LogP contribution in [0.25, 0.3) is 11.1 Å². The zero-order valence-electron chi connectivity index (χ0n) is 18.7. The van der Waals surface area contributed by atoms with Gasteiger partial charge < -0.3 is 19.3 Å². The van der Waals surface area contributed by atoms with Gasteiger partial charge in [-0.25, -0.2) is 0 Å². The van der Waals surface area contributed by atoms with Gasteiger partial charge in [-0.1, -0.05) is 39.8 Å². The van der Waals surface area contributed by atoms with Gasteiger partial charge in [0.25, 0.3) is 0 Å². The first-order valence-electron chi connectivity index (χ1n) is 11.1. The van der Waals surface area contributed by atoms with Crippen LogP contribution in [0.1, 0.15) is 43.6 Å². The first-order chi connectivity index (χ1) is 14.6. The van der Waals surface area contributed by atoms with Crippen LogP contribution in [0.15, 0.2) is 36.4 Å². The van der Waals surface area contributed by atoms with Crippen LogP contribution in [0.3, 0.4) is 0 Å². The summed E-state index contributed by atoms with van der Waals surface area (Å²) in [5.41, 5.74) is 3.26. The SMILES string of the molecule is CCN(CC)CCOc1ccc2c(c1)C(=O)c1cccc(OCCN(CC)CC)c1-2. The number of carbonyl (C=O) groups excluding carboxylic acids is 1. The van der Waals surface area contributed by atoms with Crippen molar-refractivity contribution in [1.29, 1.82) is 0 Å². The Morgan fingerprint density at radius 3 is 2.00 bits per heavy atom. The van der Waals surface area contributed by atoms with Gasteiger partial charge in [-0.05, 0) is 56.0 Å². The molecule has 0 aliphatic heterocycles. The maximum atomic E-state index is 13.0. The Morgan fingerprint density at radius 2 is 1.37 bits per heavy atom. The predicted octanol–water partition coefficient (Wildman–Crippen LogP) is 4.34. The lowest BCUT2D eigenvalue weighted by Gasteiger charge is -2.19. The van der Waals surface area contributed by atoms with Crippen molar-refractivity contribution in [3.63, 3.8) is 0 Å². The summed E-state index contributed by atoms with van der Waals surface area (Å²) in [7, 11) is 0. The Morgan fingerprint density at radius 1 is 0.733 bits per heavy atom. The summed E-state index contributed by atoms with van der Waals surface area (Å²) >= 11 is 0. The van der Waals surface area contributed by atoms with E-state index in [4.69, 9.17) is 9.47 Å². The van der Waals surface area contributed by atoms with Gasteiger partial charge in [-0.3, -0.25) is 4.79 Å². The molecule has 0 bridgehead atoms. The van der Waals surface area contributed by atoms with Crippen LogP contribution in [0, 0.1) is 0 Å². The third-order valence-corrected chi connectivity index (χ3v) is 5.91. The normalized spacial score (nSPS) is 12.4. The molecule has 5 nitrogen and oxygen atoms in total. The molecule has 1 aliphatic carbocycles. The molecule has 2 aromatic rings. The van der Waals surface area contributed by atoms with E-state index in [2.05, 4.69) is 37.5 Å². The highest BCUT2D eigenvalue weighted by Gasteiger charge is 2.30. The summed E-state index contributed by atoms with van der Waals surface area (Å²) in [6.45, 7) is 15.6. The minimum absolute atomic E-state index is 0.0448. The van der Waals surface area contributed by atoms with Crippen molar-refractivity contribution in [2.24, 2.45) is 0 Å². The van der Waals surface area contributed by atoms with Crippen LogP contribution in [0.4, 0.5) is 0 Å². The Balaban J connectivity index is 1.74. The van der Waals surface area contributed by atoms with E-state index in [1.54, 1.807) is 0 Å². The summed E-state index contributed by atoms with van der Waals surface area (Å²) in [6, 6.07) is 11.6. The van der Waals surface area contributed by atoms with E-state index in [0.717, 1.165) is 61.9 Å². The van der Waals surface area contributed by atoms with Crippen molar-refractivity contribution in [2.75, 3.05) is 52.5 Å². The van der Waals surface area contributed by atoms with E-state index >= 15 is 0 Å². The lowest BCUT2D eigenvalue weighted by Crippen LogP contribution is -2.28. The molecule has 0 N–H and O–H groups in total. The summed E-state index contributed by atoms with van der Waals surface area (Å²) in [5, 5.41) is 0. The third-order valence-electron chi connectivity index (χ3n) is 5.91. The maximum absolute atomic E-state index is 13.0. The molecule has 0 radical (unpaired) electrons. The molecule has 0 atom stereocenters. The van der Waals surface area contributed by atoms with Crippen LogP contribution in [0.2, 0.25) is 0 Å². The number of nitrogens with zero attached hydrogens (tertiary/aromatic N) is 2. The van der Waals surface area contributed by atoms with Gasteiger partial charge in [0.15, 0.2) is 5.78 Å². The third kappa shape index (κ3) is 4.85. The zero-order chi connectivity index (χ0) is 21.5. The average Bonchev–Trinajstić information content (AvgIpc) is 3.07. The minimum atomic E-state index is 0.0448. The predicted molar refractivity (Wildman–Crippen MR) is 122 cm³/mol. The van der Waals surface area contributed by atoms with Gasteiger partial charge >= 0.3 is 0 Å². The highest BCUT2D eigenvalue weighted by molar-refractivity contribution is 6.22. The smallest absolute Gasteiger partial charge is 0.194 e. The fraction of sp³-hybridized carbons (Fsp3) is 0.480. The number of ether oxygens (including phenoxy) is 2. The van der Waals surface area contributed by atoms with Gasteiger partial charge in [-0.2, -0.15) is 0 Å². The standard InChI is InChI=1S/C25H34N2O3/c1-5-26(6-2)14-16-29-19-12-13-20-22(18-19)25(28)21-10-9-11-23(24(20)21)30-17-15-27(7-3)8-4/h9-13,18H,5-8,14-17H2,1-4H3. The van der Waals surface area contributed by atoms with Crippen LogP contribution < -0.4 is 9.47 Å². The number of ketones is 1. The molecule has 5 heteroatoms. The average molecular weight is 411 g/mol. The molecule has 0 saturated carbocycles. The molecule has 0 saturated heterocycles. The monoisotopic (exact) mass is 410 g/mol. The molecule has 0 heterocycles. The largest absolute Gasteiger partial charge is 0.492 e. The second-order valence-corrected chi connectivity index (χ2v) is 7.47. The molecule has 162 valence electrons. The number of rotatable bonds is 12. The summed E-state index contributed by atoms with van der Waals surface area (Å²) in [5.74, 6) is 1.57. The van der Waals surface area contributed by atoms with Crippen molar-refractivity contribution in [3.8, 4) is 22.6 Å². The first kappa shape index (κ1) is 22.3. The fourth-order valence-corrected chi connectivity index (χ4v) is 3.94. The highest BCUT2D eigenvalue weighted by Crippen LogP contribution is 2.43. The van der Waals surface area contributed by atoms with E-state index in [1.807, 2.05) is 36.4 Å². The topological polar surface area (TPSA) is 42.0 Å². The number of hydrogen-bond donors (Lipinski definition) is 0. The van der Waals surface area contributed by atoms with E-state index < -0.39 is 0 Å². The number of fused-ring (bicyclic) bond motifs is 3. The Kier molecular flexibility index (Phi) is 7.88. The molecule has 2 aromatic carbocycles. The lowest BCUT2D eigenvalue weighted by atomic mass is 10.0. The van der Waals surface area contributed by atoms with E-state index in [-0.39, 0.29) is 5.78 Å². The minimum Gasteiger partial charge on any atom is -0.492 e. The van der Waals surface area contributed by atoms with Crippen LogP contribution in [-0.4, -0.2) is 68.1 Å². The summed E-state index contributed by atoms with van der Waals surface area (Å²) in [4.78, 5) is 17.7. The molecule has 3 rings (SSSR count). The fourth-order valence-electron chi connectivity index (χ4n) is 3.94. The molecule has 0 amide bonds. The Labute approximate surface area is 180 Å². The molecule has 0 spiro atoms. The van der Waals surface area contributed by atoms with Crippen LogP contribution >= 0.6 is 0 Å². The van der Waals surface area contributed by atoms with Gasteiger partial charge in [0, 0.05) is 29.8 Å². The van der Waals surface area contributed by atoms with Gasteiger partial charge in [0.1, 0.15) is 24.7 Å². The van der Waals surface area contributed by atoms with Gasteiger partial charge in [0.05, 0.1) is 0 Å². The van der Waals surface area contributed by atoms with Crippen LogP contribution in [0.5, 0.6) is 11.5 Å². The quantitative estimate of drug-likeness (QED) is 0.444. The molecular formula is C25H34N2O3. The van der Waals surface area contributed by atoms with E-state index in [9.17, 15) is 4.79 Å². The number of hydrogen-bond acceptors (Lipinski definition) is 5. The highest BCUT2D eigenvalue weighted by atomic mass is 16.5. The molecular weight excluding hydrogens is 376 g/mol. The first-order valence-corrected chi connectivity index (χ1v) is 11.1. The molecule has 0 unspecified atom stereocenters. The van der Waals surface area contributed by atoms with Crippen molar-refractivity contribution in [3.05, 3.63) is 47.5 Å². The van der Waals surface area contributed by atoms with Crippen molar-refractivity contribution < 1.29 is 14.3 Å². The van der Waals surface area contributed by atoms with Crippen molar-refractivity contribution >= 4 is 5.78 Å². The molecule has 0 aromatic heterocycles. The van der Waals surface area contributed by atoms with Crippen LogP contribution in [-0.2, 0) is 0 Å². The lowest BCUT2D eigenvalue weighted by molar-refractivity contribution is 0.104. The molecule has 30 heavy (non-hydrogen) atoms. The maximum Gasteiger partial charge on any atom is 0.194 e. The second-order valence-electron chi connectivity index (χ2n) is 7.47. The van der Waals surface area contributed by atoms with E-state index in [1.165, 1.54) is 0 Å². The van der Waals surface area contributed by atoms with Crippen molar-refractivity contribution in [2.45, 2.75) is 27.7 Å². The van der Waals surface area contributed by atoms with Gasteiger partial charge in [0.2, 0.25) is 0 Å². The summed E-state index contributed by atoms with van der Waals surface area (Å²) in [6.07, 6.45) is 0. The molecule has 0 fully saturated rings. The van der Waals surface area contributed by atoms with Gasteiger partial charge in [-0.15, -0.1) is 0 Å². The van der Waals surface area contributed by atoms with E-state index in [0.29, 0.717) is 24.3 Å². The number of benzene rings is 2. The number of carbonyl (C=O) groups is 1. The zero-order valence-corrected chi connectivity index (χ0v) is 18.7.